The van der Waals surface area contributed by atoms with Crippen molar-refractivity contribution in [3.05, 3.63) is 35.9 Å². The molecule has 1 atom stereocenters. The van der Waals surface area contributed by atoms with Crippen LogP contribution >= 0.6 is 11.8 Å². The largest absolute Gasteiger partial charge is 0.422 e. The molecule has 0 spiro atoms. The molecule has 1 unspecified atom stereocenters. The summed E-state index contributed by atoms with van der Waals surface area (Å²) in [6, 6.07) is 9.43. The highest BCUT2D eigenvalue weighted by Gasteiger charge is 2.47. The molecule has 0 aromatic heterocycles. The third-order valence-corrected chi connectivity index (χ3v) is 3.94. The quantitative estimate of drug-likeness (QED) is 0.629. The lowest BCUT2D eigenvalue weighted by molar-refractivity contribution is -0.239. The first-order chi connectivity index (χ1) is 8.94. The van der Waals surface area contributed by atoms with E-state index in [9.17, 15) is 9.59 Å². The van der Waals surface area contributed by atoms with Gasteiger partial charge in [-0.05, 0) is 11.8 Å². The first-order valence-corrected chi connectivity index (χ1v) is 7.27. The van der Waals surface area contributed by atoms with Crippen LogP contribution in [0.5, 0.6) is 0 Å². The number of cyclic esters (lactones) is 2. The Labute approximate surface area is 116 Å². The van der Waals surface area contributed by atoms with Crippen LogP contribution in [0.2, 0.25) is 0 Å². The molecule has 5 heteroatoms. The Morgan fingerprint density at radius 1 is 1.11 bits per heavy atom. The van der Waals surface area contributed by atoms with Crippen LogP contribution < -0.4 is 0 Å². The van der Waals surface area contributed by atoms with Gasteiger partial charge in [-0.1, -0.05) is 30.3 Å². The maximum atomic E-state index is 12.1. The second kappa shape index (κ2) is 5.25. The van der Waals surface area contributed by atoms with Crippen LogP contribution in [-0.2, 0) is 19.1 Å². The summed E-state index contributed by atoms with van der Waals surface area (Å²) in [6.07, 6.45) is 1.86. The van der Waals surface area contributed by atoms with Crippen LogP contribution in [0.4, 0.5) is 0 Å². The minimum Gasteiger partial charge on any atom is -0.422 e. The fraction of sp³-hybridized carbons (Fsp3) is 0.429. The van der Waals surface area contributed by atoms with Crippen molar-refractivity contribution < 1.29 is 19.1 Å². The minimum atomic E-state index is -1.18. The first-order valence-electron chi connectivity index (χ1n) is 5.98. The van der Waals surface area contributed by atoms with Gasteiger partial charge in [0.05, 0.1) is 5.25 Å². The summed E-state index contributed by atoms with van der Waals surface area (Å²) in [5.41, 5.74) is 0.911. The molecule has 1 aromatic carbocycles. The monoisotopic (exact) mass is 280 g/mol. The van der Waals surface area contributed by atoms with Crippen LogP contribution in [-0.4, -0.2) is 24.0 Å². The Morgan fingerprint density at radius 3 is 2.11 bits per heavy atom. The molecule has 0 amide bonds. The van der Waals surface area contributed by atoms with Crippen molar-refractivity contribution in [3.63, 3.8) is 0 Å². The lowest BCUT2D eigenvalue weighted by atomic mass is 9.97. The van der Waals surface area contributed by atoms with Crippen molar-refractivity contribution in [3.8, 4) is 0 Å². The van der Waals surface area contributed by atoms with Crippen molar-refractivity contribution in [2.75, 3.05) is 6.26 Å². The molecule has 0 aliphatic carbocycles. The van der Waals surface area contributed by atoms with E-state index in [0.29, 0.717) is 0 Å². The summed E-state index contributed by atoms with van der Waals surface area (Å²) in [5, 5.41) is -0.294. The Hall–Kier alpha value is -1.49. The predicted octanol–water partition coefficient (Wildman–Crippen LogP) is 2.54. The molecular weight excluding hydrogens is 264 g/mol. The van der Waals surface area contributed by atoms with Crippen molar-refractivity contribution in [2.24, 2.45) is 5.92 Å². The summed E-state index contributed by atoms with van der Waals surface area (Å²) in [4.78, 5) is 24.1. The van der Waals surface area contributed by atoms with E-state index in [2.05, 4.69) is 0 Å². The average molecular weight is 280 g/mol. The summed E-state index contributed by atoms with van der Waals surface area (Å²) in [6.45, 7) is 3.10. The van der Waals surface area contributed by atoms with E-state index in [-0.39, 0.29) is 5.25 Å². The molecule has 1 heterocycles. The number of benzene rings is 1. The maximum absolute atomic E-state index is 12.1. The molecule has 0 saturated carbocycles. The predicted molar refractivity (Wildman–Crippen MR) is 72.5 cm³/mol. The minimum absolute atomic E-state index is 0.294. The van der Waals surface area contributed by atoms with Crippen LogP contribution in [0.15, 0.2) is 30.3 Å². The van der Waals surface area contributed by atoms with Crippen molar-refractivity contribution in [1.82, 2.24) is 0 Å². The van der Waals surface area contributed by atoms with Gasteiger partial charge in [-0.2, -0.15) is 11.8 Å². The second-order valence-corrected chi connectivity index (χ2v) is 5.77. The van der Waals surface area contributed by atoms with Gasteiger partial charge in [0, 0.05) is 13.8 Å². The van der Waals surface area contributed by atoms with Gasteiger partial charge < -0.3 is 9.47 Å². The van der Waals surface area contributed by atoms with Gasteiger partial charge in [0.2, 0.25) is 0 Å². The third kappa shape index (κ3) is 2.92. The highest BCUT2D eigenvalue weighted by Crippen LogP contribution is 2.39. The van der Waals surface area contributed by atoms with E-state index in [1.807, 2.05) is 36.6 Å². The van der Waals surface area contributed by atoms with E-state index in [1.54, 1.807) is 13.8 Å². The molecule has 1 saturated heterocycles. The van der Waals surface area contributed by atoms with Gasteiger partial charge in [0.1, 0.15) is 0 Å². The molecule has 1 aliphatic heterocycles. The zero-order valence-corrected chi connectivity index (χ0v) is 11.9. The van der Waals surface area contributed by atoms with Gasteiger partial charge in [-0.3, -0.25) is 9.59 Å². The topological polar surface area (TPSA) is 52.6 Å². The smallest absolute Gasteiger partial charge is 0.325 e. The summed E-state index contributed by atoms with van der Waals surface area (Å²) < 4.78 is 10.3. The average Bonchev–Trinajstić information content (AvgIpc) is 2.33. The Kier molecular flexibility index (Phi) is 3.85. The van der Waals surface area contributed by atoms with Crippen LogP contribution in [0.1, 0.15) is 24.7 Å². The van der Waals surface area contributed by atoms with Gasteiger partial charge in [-0.15, -0.1) is 0 Å². The number of carbonyl (C=O) groups is 2. The van der Waals surface area contributed by atoms with Gasteiger partial charge in [-0.25, -0.2) is 0 Å². The van der Waals surface area contributed by atoms with E-state index in [1.165, 1.54) is 11.8 Å². The highest BCUT2D eigenvalue weighted by atomic mass is 32.2. The molecule has 19 heavy (non-hydrogen) atoms. The van der Waals surface area contributed by atoms with E-state index < -0.39 is 23.6 Å². The summed E-state index contributed by atoms with van der Waals surface area (Å²) in [5.74, 6) is -3.14. The summed E-state index contributed by atoms with van der Waals surface area (Å²) >= 11 is 1.44. The Morgan fingerprint density at radius 2 is 1.63 bits per heavy atom. The van der Waals surface area contributed by atoms with Crippen LogP contribution in [0.3, 0.4) is 0 Å². The maximum Gasteiger partial charge on any atom is 0.325 e. The lowest BCUT2D eigenvalue weighted by Crippen LogP contribution is -2.47. The number of thioether (sulfide) groups is 1. The Balaban J connectivity index is 2.29. The SMILES string of the molecule is CSC(c1ccccc1)C1C(=O)OC(C)(C)OC1=O. The highest BCUT2D eigenvalue weighted by molar-refractivity contribution is 7.98. The fourth-order valence-corrected chi connectivity index (χ4v) is 3.01. The molecule has 0 bridgehead atoms. The van der Waals surface area contributed by atoms with Crippen molar-refractivity contribution >= 4 is 23.7 Å². The molecule has 0 N–H and O–H groups in total. The Bertz CT molecular complexity index is 463. The standard InChI is InChI=1S/C14H16O4S/c1-14(2)17-12(15)10(13(16)18-14)11(19-3)9-7-5-4-6-8-9/h4-8,10-11H,1-3H3. The molecule has 1 fully saturated rings. The summed E-state index contributed by atoms with van der Waals surface area (Å²) in [7, 11) is 0. The zero-order valence-electron chi connectivity index (χ0n) is 11.1. The molecule has 1 aromatic rings. The first kappa shape index (κ1) is 13.9. The molecule has 1 aliphatic rings. The van der Waals surface area contributed by atoms with Gasteiger partial charge in [0.25, 0.3) is 5.79 Å². The van der Waals surface area contributed by atoms with Gasteiger partial charge in [0.15, 0.2) is 5.92 Å². The van der Waals surface area contributed by atoms with Crippen molar-refractivity contribution in [1.29, 1.82) is 0 Å². The number of hydrogen-bond donors (Lipinski definition) is 0. The lowest BCUT2D eigenvalue weighted by Gasteiger charge is -2.35. The molecule has 102 valence electrons. The molecule has 0 radical (unpaired) electrons. The molecule has 4 nitrogen and oxygen atoms in total. The van der Waals surface area contributed by atoms with E-state index in [4.69, 9.17) is 9.47 Å². The number of carbonyl (C=O) groups excluding carboxylic acids is 2. The van der Waals surface area contributed by atoms with Gasteiger partial charge >= 0.3 is 11.9 Å². The number of esters is 2. The fourth-order valence-electron chi connectivity index (χ4n) is 2.08. The number of hydrogen-bond acceptors (Lipinski definition) is 5. The number of ether oxygens (including phenoxy) is 2. The van der Waals surface area contributed by atoms with Crippen LogP contribution in [0.25, 0.3) is 0 Å². The van der Waals surface area contributed by atoms with Crippen LogP contribution in [0, 0.1) is 5.92 Å². The molecular formula is C14H16O4S. The normalized spacial score (nSPS) is 20.6. The van der Waals surface area contributed by atoms with Crippen molar-refractivity contribution in [2.45, 2.75) is 24.9 Å². The van der Waals surface area contributed by atoms with E-state index in [0.717, 1.165) is 5.56 Å². The number of rotatable bonds is 3. The second-order valence-electron chi connectivity index (χ2n) is 4.79. The third-order valence-electron chi connectivity index (χ3n) is 2.89. The van der Waals surface area contributed by atoms with E-state index >= 15 is 0 Å². The molecule has 2 rings (SSSR count). The zero-order chi connectivity index (χ0) is 14.0.